The van der Waals surface area contributed by atoms with E-state index < -0.39 is 37.4 Å². The molecule has 4 amide bonds. The zero-order chi connectivity index (χ0) is 44.0. The van der Waals surface area contributed by atoms with E-state index in [2.05, 4.69) is 15.4 Å². The Morgan fingerprint density at radius 1 is 0.919 bits per heavy atom. The molecule has 0 radical (unpaired) electrons. The molecule has 3 aliphatic heterocycles. The molecule has 16 heteroatoms. The number of rotatable bonds is 14. The maximum Gasteiger partial charge on any atom is 0.355 e. The largest absolute Gasteiger partial charge is 0.465 e. The van der Waals surface area contributed by atoms with Crippen LogP contribution >= 0.6 is 7.52 Å². The number of esters is 1. The number of alkyl halides is 1. The minimum atomic E-state index is -4.50. The molecule has 4 aromatic rings. The van der Waals surface area contributed by atoms with E-state index in [1.165, 1.54) is 38.1 Å². The minimum absolute atomic E-state index is 0.0170. The van der Waals surface area contributed by atoms with E-state index in [-0.39, 0.29) is 72.2 Å². The Hall–Kier alpha value is -5.66. The fraction of sp³-hybridized carbons (Fsp3) is 0.435. The number of carbonyl (C=O) groups is 5. The first-order chi connectivity index (χ1) is 29.8. The smallest absolute Gasteiger partial charge is 0.355 e. The van der Waals surface area contributed by atoms with Crippen LogP contribution in [0.4, 0.5) is 4.39 Å². The van der Waals surface area contributed by atoms with Gasteiger partial charge in [0.15, 0.2) is 0 Å². The lowest BCUT2D eigenvalue weighted by Gasteiger charge is -2.39. The molecule has 0 aliphatic carbocycles. The molecular formula is C46H54FN6O8P. The molecular weight excluding hydrogens is 815 g/mol. The zero-order valence-electron chi connectivity index (χ0n) is 35.3. The number of amides is 4. The number of hydrogen-bond acceptors (Lipinski definition) is 9. The summed E-state index contributed by atoms with van der Waals surface area (Å²) in [5.41, 5.74) is 1.25. The number of nitrogens with one attached hydrogen (secondary N) is 2. The molecule has 7 rings (SSSR count). The summed E-state index contributed by atoms with van der Waals surface area (Å²) in [4.78, 5) is 77.1. The summed E-state index contributed by atoms with van der Waals surface area (Å²) >= 11 is 0. The molecule has 3 aromatic carbocycles. The van der Waals surface area contributed by atoms with Gasteiger partial charge in [0.05, 0.1) is 6.61 Å². The monoisotopic (exact) mass is 868 g/mol. The number of likely N-dealkylation sites (tertiary alicyclic amines) is 1. The number of ether oxygens (including phenoxy) is 1. The van der Waals surface area contributed by atoms with Crippen molar-refractivity contribution in [3.63, 3.8) is 0 Å². The maximum atomic E-state index is 16.7. The van der Waals surface area contributed by atoms with Gasteiger partial charge in [-0.1, -0.05) is 49.4 Å². The van der Waals surface area contributed by atoms with Crippen LogP contribution < -0.4 is 14.9 Å². The van der Waals surface area contributed by atoms with Crippen molar-refractivity contribution >= 4 is 47.9 Å². The average molecular weight is 869 g/mol. The number of benzene rings is 3. The molecule has 1 aromatic heterocycles. The van der Waals surface area contributed by atoms with Crippen LogP contribution in [0.3, 0.4) is 0 Å². The molecule has 14 nitrogen and oxygen atoms in total. The Bertz CT molecular complexity index is 2320. The Balaban J connectivity index is 1.09. The Labute approximate surface area is 361 Å². The molecule has 4 heterocycles. The van der Waals surface area contributed by atoms with Gasteiger partial charge in [-0.2, -0.15) is 0 Å². The number of hydrogen-bond donors (Lipinski definition) is 2. The number of para-hydroxylation sites is 1. The zero-order valence-corrected chi connectivity index (χ0v) is 36.2. The van der Waals surface area contributed by atoms with E-state index in [1.54, 1.807) is 58.5 Å². The van der Waals surface area contributed by atoms with Crippen LogP contribution in [0.25, 0.3) is 10.8 Å². The Kier molecular flexibility index (Phi) is 14.0. The second-order valence-electron chi connectivity index (χ2n) is 16.4. The first kappa shape index (κ1) is 44.4. The number of carbonyl (C=O) groups excluding carboxylic acids is 5. The van der Waals surface area contributed by atoms with Crippen LogP contribution in [0.1, 0.15) is 92.6 Å². The lowest BCUT2D eigenvalue weighted by atomic mass is 10.0. The van der Waals surface area contributed by atoms with E-state index in [4.69, 9.17) is 9.26 Å². The average Bonchev–Trinajstić information content (AvgIpc) is 3.93. The van der Waals surface area contributed by atoms with Gasteiger partial charge in [0.2, 0.25) is 23.6 Å². The lowest BCUT2D eigenvalue weighted by molar-refractivity contribution is -0.145. The number of fused-ring (bicyclic) bond motifs is 2. The Morgan fingerprint density at radius 2 is 1.69 bits per heavy atom. The van der Waals surface area contributed by atoms with E-state index in [9.17, 15) is 28.5 Å². The molecule has 3 fully saturated rings. The highest BCUT2D eigenvalue weighted by atomic mass is 31.2. The van der Waals surface area contributed by atoms with Crippen molar-refractivity contribution in [2.24, 2.45) is 0 Å². The normalized spacial score (nSPS) is 22.2. The minimum Gasteiger partial charge on any atom is -0.465 e. The fourth-order valence-corrected chi connectivity index (χ4v) is 10.6. The van der Waals surface area contributed by atoms with E-state index in [1.807, 2.05) is 30.2 Å². The number of pyridine rings is 1. The van der Waals surface area contributed by atoms with Gasteiger partial charge in [0, 0.05) is 75.5 Å². The Morgan fingerprint density at radius 3 is 2.44 bits per heavy atom. The van der Waals surface area contributed by atoms with E-state index >= 15 is 4.39 Å². The van der Waals surface area contributed by atoms with Crippen LogP contribution in [-0.4, -0.2) is 106 Å². The quantitative estimate of drug-likeness (QED) is 0.105. The molecule has 62 heavy (non-hydrogen) atoms. The number of nitrogens with zero attached hydrogens (tertiary/aromatic N) is 4. The highest BCUT2D eigenvalue weighted by molar-refractivity contribution is 7.57. The van der Waals surface area contributed by atoms with Gasteiger partial charge in [-0.3, -0.25) is 33.5 Å². The van der Waals surface area contributed by atoms with Gasteiger partial charge in [-0.15, -0.1) is 0 Å². The molecule has 3 unspecified atom stereocenters. The molecule has 3 saturated heterocycles. The van der Waals surface area contributed by atoms with Crippen LogP contribution in [0.2, 0.25) is 0 Å². The predicted molar refractivity (Wildman–Crippen MR) is 231 cm³/mol. The summed E-state index contributed by atoms with van der Waals surface area (Å²) in [6, 6.07) is 18.6. The third-order valence-electron chi connectivity index (χ3n) is 12.0. The van der Waals surface area contributed by atoms with Crippen molar-refractivity contribution < 1.29 is 42.2 Å². The highest BCUT2D eigenvalue weighted by Crippen LogP contribution is 2.58. The standard InChI is InChI=1S/C46H54FN6O8P/c1-4-23-60-46(58)30(2)50-62(59,61-40-10-6-5-7-11-40)43(47)33-14-12-32-13-15-34(25-37(32)24-33)44(56)49-41-29-51(31(3)54)22-19-38-16-17-39(53(38)45(41)57)26-42(55)52-21-18-36(28-52)35-9-8-20-48-27-35/h5-15,20,24-25,27,30,36,38-39,41,43H,4,16-19,21-23,26,28-29H2,1-3H3,(H,49,56)(H,50,59)/t30-,36?,38+,39-,41-,43?,62?/m0/s1. The van der Waals surface area contributed by atoms with Gasteiger partial charge >= 0.3 is 13.5 Å². The summed E-state index contributed by atoms with van der Waals surface area (Å²) in [5, 5.41) is 6.57. The molecule has 328 valence electrons. The summed E-state index contributed by atoms with van der Waals surface area (Å²) in [7, 11) is -4.50. The molecule has 3 aliphatic rings. The molecule has 2 N–H and O–H groups in total. The predicted octanol–water partition coefficient (Wildman–Crippen LogP) is 6.52. The van der Waals surface area contributed by atoms with Crippen LogP contribution in [0.5, 0.6) is 5.75 Å². The van der Waals surface area contributed by atoms with E-state index in [0.717, 1.165) is 12.0 Å². The SMILES string of the molecule is CCCOC(=O)[C@H](C)NP(=O)(Oc1ccccc1)C(F)c1ccc2ccc(C(=O)N[C@H]3CN(C(C)=O)CC[C@H]4CC[C@@H](CC(=O)N5CCC(c6cccnc6)C5)N4C3=O)cc2c1. The van der Waals surface area contributed by atoms with Crippen molar-refractivity contribution in [1.29, 1.82) is 0 Å². The van der Waals surface area contributed by atoms with Crippen molar-refractivity contribution in [1.82, 2.24) is 30.1 Å². The van der Waals surface area contributed by atoms with Gasteiger partial charge in [0.1, 0.15) is 17.8 Å². The number of aromatic nitrogens is 1. The lowest BCUT2D eigenvalue weighted by Crippen LogP contribution is -2.59. The van der Waals surface area contributed by atoms with Crippen molar-refractivity contribution in [2.45, 2.75) is 95.3 Å². The first-order valence-electron chi connectivity index (χ1n) is 21.4. The molecule has 0 bridgehead atoms. The van der Waals surface area contributed by atoms with Crippen LogP contribution in [0.15, 0.2) is 91.3 Å². The summed E-state index contributed by atoms with van der Waals surface area (Å²) in [6.07, 6.45) is 7.02. The van der Waals surface area contributed by atoms with Crippen molar-refractivity contribution in [2.75, 3.05) is 32.8 Å². The second-order valence-corrected chi connectivity index (χ2v) is 18.5. The van der Waals surface area contributed by atoms with Gasteiger partial charge in [-0.25, -0.2) is 9.48 Å². The number of halogens is 1. The topological polar surface area (TPSA) is 168 Å². The van der Waals surface area contributed by atoms with Crippen LogP contribution in [-0.2, 0) is 28.5 Å². The first-order valence-corrected chi connectivity index (χ1v) is 23.1. The summed E-state index contributed by atoms with van der Waals surface area (Å²) < 4.78 is 42.0. The van der Waals surface area contributed by atoms with Crippen molar-refractivity contribution in [3.05, 3.63) is 108 Å². The maximum absolute atomic E-state index is 16.7. The molecule has 0 saturated carbocycles. The fourth-order valence-electron chi connectivity index (χ4n) is 8.70. The van der Waals surface area contributed by atoms with Crippen LogP contribution in [0, 0.1) is 0 Å². The molecule has 0 spiro atoms. The molecule has 7 atom stereocenters. The van der Waals surface area contributed by atoms with Gasteiger partial charge in [-0.05, 0) is 97.3 Å². The van der Waals surface area contributed by atoms with E-state index in [0.29, 0.717) is 56.1 Å². The highest BCUT2D eigenvalue weighted by Gasteiger charge is 2.44. The van der Waals surface area contributed by atoms with Gasteiger partial charge < -0.3 is 29.3 Å². The second kappa shape index (κ2) is 19.6. The van der Waals surface area contributed by atoms with Crippen molar-refractivity contribution in [3.8, 4) is 5.75 Å². The summed E-state index contributed by atoms with van der Waals surface area (Å²) in [6.45, 7) is 6.40. The summed E-state index contributed by atoms with van der Waals surface area (Å²) in [5.74, 6) is -3.79. The third kappa shape index (κ3) is 10.2. The third-order valence-corrected chi connectivity index (χ3v) is 14.1. The van der Waals surface area contributed by atoms with Gasteiger partial charge in [0.25, 0.3) is 5.91 Å².